The number of primary amides is 2. The third-order valence-electron chi connectivity index (χ3n) is 9.46. The first-order valence-electron chi connectivity index (χ1n) is 18.9. The smallest absolute Gasteiger partial charge is 0.243 e. The van der Waals surface area contributed by atoms with E-state index in [1.165, 1.54) is 21.6 Å². The monoisotopic (exact) mass is 852 g/mol. The summed E-state index contributed by atoms with van der Waals surface area (Å²) in [4.78, 5) is 97.6. The normalized spacial score (nSPS) is 22.8. The number of carbonyl (C=O) groups excluding carboxylic acids is 7. The van der Waals surface area contributed by atoms with Crippen molar-refractivity contribution in [3.05, 3.63) is 71.9 Å². The van der Waals surface area contributed by atoms with E-state index in [0.717, 1.165) is 10.9 Å². The standard InChI is InChI=1S/C38H52N12O7S2/c1-43-30-20-59-58-19-29(32(40)52)50-36(56)28(17-22-18-45-24-11-6-5-10-23(22)24)49-33(53)25(12-7-15-44-38(41)42)46-35(55)27(16-21-8-3-2-4-9-21)48-34(54)26(47-37(30)57)13-14-31(39)51/h2-6,8-11,18,25-30,43,45H,7,12-17,19-20H2,1H3,(H2,39,51)(H2,40,52)(H,46,55)(H,47,57)(H,48,54)(H,49,53)(H,50,56)(H4,41,42,44)/t25-,26-,27+,28-,29-,30-/m0/s1. The van der Waals surface area contributed by atoms with Gasteiger partial charge in [-0.1, -0.05) is 70.1 Å². The van der Waals surface area contributed by atoms with E-state index >= 15 is 0 Å². The molecule has 0 bridgehead atoms. The maximum Gasteiger partial charge on any atom is 0.243 e. The zero-order chi connectivity index (χ0) is 42.9. The van der Waals surface area contributed by atoms with Gasteiger partial charge in [0.05, 0.1) is 6.04 Å². The van der Waals surface area contributed by atoms with E-state index in [1.54, 1.807) is 43.6 Å². The minimum Gasteiger partial charge on any atom is -0.370 e. The largest absolute Gasteiger partial charge is 0.370 e. The maximum absolute atomic E-state index is 14.3. The Bertz CT molecular complexity index is 1970. The van der Waals surface area contributed by atoms with Crippen LogP contribution in [-0.2, 0) is 46.4 Å². The summed E-state index contributed by atoms with van der Waals surface area (Å²) in [7, 11) is 3.93. The zero-order valence-corrected chi connectivity index (χ0v) is 34.1. The summed E-state index contributed by atoms with van der Waals surface area (Å²) >= 11 is 0. The Labute approximate surface area is 348 Å². The number of nitrogens with two attached hydrogens (primary N) is 3. The fraction of sp³-hybridized carbons (Fsp3) is 0.421. The van der Waals surface area contributed by atoms with Crippen molar-refractivity contribution >= 4 is 79.8 Å². The van der Waals surface area contributed by atoms with E-state index in [0.29, 0.717) is 11.1 Å². The van der Waals surface area contributed by atoms with Crippen molar-refractivity contribution in [1.29, 1.82) is 5.41 Å². The number of aromatic amines is 1. The van der Waals surface area contributed by atoms with Crippen LogP contribution in [0.5, 0.6) is 0 Å². The highest BCUT2D eigenvalue weighted by Crippen LogP contribution is 2.24. The highest BCUT2D eigenvalue weighted by molar-refractivity contribution is 8.76. The molecule has 1 aromatic heterocycles. The molecular formula is C38H52N12O7S2. The number of hydrogen-bond donors (Lipinski definition) is 12. The van der Waals surface area contributed by atoms with Gasteiger partial charge in [0.15, 0.2) is 5.96 Å². The Balaban J connectivity index is 1.75. The van der Waals surface area contributed by atoms with Gasteiger partial charge in [0.1, 0.15) is 30.2 Å². The van der Waals surface area contributed by atoms with Crippen LogP contribution < -0.4 is 54.4 Å². The number of amides is 7. The molecule has 3 aromatic rings. The molecule has 59 heavy (non-hydrogen) atoms. The molecule has 2 heterocycles. The number of aromatic nitrogens is 1. The second kappa shape index (κ2) is 23.0. The number of para-hydroxylation sites is 1. The van der Waals surface area contributed by atoms with Gasteiger partial charge in [-0.3, -0.25) is 39.0 Å². The Kier molecular flexibility index (Phi) is 17.9. The molecule has 4 rings (SSSR count). The third-order valence-corrected chi connectivity index (χ3v) is 11.9. The molecule has 318 valence electrons. The Hall–Kier alpha value is -5.80. The van der Waals surface area contributed by atoms with Gasteiger partial charge in [-0.2, -0.15) is 0 Å². The van der Waals surface area contributed by atoms with Crippen LogP contribution in [0.1, 0.15) is 36.8 Å². The first-order valence-corrected chi connectivity index (χ1v) is 21.4. The summed E-state index contributed by atoms with van der Waals surface area (Å²) in [5.74, 6) is -5.24. The number of carbonyl (C=O) groups is 7. The van der Waals surface area contributed by atoms with Gasteiger partial charge in [-0.15, -0.1) is 0 Å². The molecule has 2 aromatic carbocycles. The van der Waals surface area contributed by atoms with Gasteiger partial charge < -0.3 is 59.4 Å². The van der Waals surface area contributed by atoms with Crippen LogP contribution in [0.4, 0.5) is 0 Å². The van der Waals surface area contributed by atoms with Gasteiger partial charge >= 0.3 is 0 Å². The number of hydrogen-bond acceptors (Lipinski definition) is 11. The molecule has 7 amide bonds. The third kappa shape index (κ3) is 14.5. The van der Waals surface area contributed by atoms with Crippen LogP contribution in [0.15, 0.2) is 60.8 Å². The Morgan fingerprint density at radius 1 is 0.729 bits per heavy atom. The Morgan fingerprint density at radius 2 is 1.31 bits per heavy atom. The summed E-state index contributed by atoms with van der Waals surface area (Å²) in [6.45, 7) is 0.170. The van der Waals surface area contributed by atoms with E-state index in [2.05, 4.69) is 42.2 Å². The van der Waals surface area contributed by atoms with Crippen molar-refractivity contribution in [2.45, 2.75) is 74.8 Å². The van der Waals surface area contributed by atoms with E-state index in [-0.39, 0.29) is 62.5 Å². The van der Waals surface area contributed by atoms with Gasteiger partial charge in [-0.05, 0) is 43.5 Å². The lowest BCUT2D eigenvalue weighted by Crippen LogP contribution is -2.60. The summed E-state index contributed by atoms with van der Waals surface area (Å²) in [6.07, 6.45) is 1.50. The number of fused-ring (bicyclic) bond motifs is 1. The summed E-state index contributed by atoms with van der Waals surface area (Å²) < 4.78 is 0. The predicted octanol–water partition coefficient (Wildman–Crippen LogP) is -1.63. The van der Waals surface area contributed by atoms with Gasteiger partial charge in [-0.25, -0.2) is 0 Å². The van der Waals surface area contributed by atoms with Crippen molar-refractivity contribution in [2.75, 3.05) is 25.1 Å². The van der Waals surface area contributed by atoms with Crippen LogP contribution in [0.3, 0.4) is 0 Å². The van der Waals surface area contributed by atoms with Crippen LogP contribution >= 0.6 is 21.6 Å². The molecule has 0 saturated carbocycles. The molecule has 1 aliphatic heterocycles. The van der Waals surface area contributed by atoms with Crippen molar-refractivity contribution in [2.24, 2.45) is 17.2 Å². The molecule has 21 heteroatoms. The molecular weight excluding hydrogens is 801 g/mol. The van der Waals surface area contributed by atoms with E-state index in [4.69, 9.17) is 22.6 Å². The molecule has 0 unspecified atom stereocenters. The fourth-order valence-electron chi connectivity index (χ4n) is 6.22. The van der Waals surface area contributed by atoms with E-state index in [9.17, 15) is 33.6 Å². The number of likely N-dealkylation sites (N-methyl/N-ethyl adjacent to an activating group) is 1. The van der Waals surface area contributed by atoms with Crippen molar-refractivity contribution in [1.82, 2.24) is 42.2 Å². The van der Waals surface area contributed by atoms with Crippen LogP contribution in [-0.4, -0.2) is 114 Å². The molecule has 15 N–H and O–H groups in total. The topological polar surface area (TPSA) is 321 Å². The first kappa shape index (κ1) is 45.9. The molecule has 0 aliphatic carbocycles. The number of guanidine groups is 1. The van der Waals surface area contributed by atoms with Gasteiger partial charge in [0.2, 0.25) is 41.4 Å². The lowest BCUT2D eigenvalue weighted by molar-refractivity contribution is -0.135. The summed E-state index contributed by atoms with van der Waals surface area (Å²) in [6, 6.07) is 9.05. The second-order valence-corrected chi connectivity index (χ2v) is 16.4. The lowest BCUT2D eigenvalue weighted by atomic mass is 10.0. The van der Waals surface area contributed by atoms with Crippen molar-refractivity contribution in [3.63, 3.8) is 0 Å². The average Bonchev–Trinajstić information content (AvgIpc) is 3.61. The number of rotatable bonds is 13. The molecule has 0 radical (unpaired) electrons. The molecule has 1 saturated heterocycles. The quantitative estimate of drug-likeness (QED) is 0.0400. The SMILES string of the molecule is CN[C@H]1CSSC[C@@H](C(N)=O)NC(=O)[C@H](Cc2c[nH]c3ccccc23)NC(=O)[C@H](CCCNC(=N)N)NC(=O)[C@@H](Cc2ccccc2)NC(=O)[C@H](CCC(N)=O)NC1=O. The number of nitrogens with one attached hydrogen (secondary N) is 9. The maximum atomic E-state index is 14.3. The van der Waals surface area contributed by atoms with Crippen LogP contribution in [0.25, 0.3) is 10.9 Å². The van der Waals surface area contributed by atoms with Gasteiger partial charge in [0, 0.05) is 54.4 Å². The Morgan fingerprint density at radius 3 is 1.97 bits per heavy atom. The zero-order valence-electron chi connectivity index (χ0n) is 32.5. The molecule has 1 fully saturated rings. The molecule has 0 spiro atoms. The number of H-pyrrole nitrogens is 1. The average molecular weight is 853 g/mol. The van der Waals surface area contributed by atoms with Crippen LogP contribution in [0.2, 0.25) is 0 Å². The summed E-state index contributed by atoms with van der Waals surface area (Å²) in [5.41, 5.74) is 18.7. The molecule has 19 nitrogen and oxygen atoms in total. The predicted molar refractivity (Wildman–Crippen MR) is 226 cm³/mol. The van der Waals surface area contributed by atoms with E-state index in [1.807, 2.05) is 24.3 Å². The highest BCUT2D eigenvalue weighted by atomic mass is 33.1. The minimum atomic E-state index is -1.29. The summed E-state index contributed by atoms with van der Waals surface area (Å²) in [5, 5.41) is 27.4. The molecule has 6 atom stereocenters. The van der Waals surface area contributed by atoms with E-state index < -0.39 is 77.6 Å². The number of benzene rings is 2. The highest BCUT2D eigenvalue weighted by Gasteiger charge is 2.34. The van der Waals surface area contributed by atoms with Crippen molar-refractivity contribution in [3.8, 4) is 0 Å². The fourth-order valence-corrected chi connectivity index (χ4v) is 8.65. The van der Waals surface area contributed by atoms with Gasteiger partial charge in [0.25, 0.3) is 0 Å². The van der Waals surface area contributed by atoms with Crippen molar-refractivity contribution < 1.29 is 33.6 Å². The second-order valence-electron chi connectivity index (χ2n) is 13.9. The molecule has 1 aliphatic rings. The first-order chi connectivity index (χ1) is 28.2. The lowest BCUT2D eigenvalue weighted by Gasteiger charge is -2.28. The minimum absolute atomic E-state index is 0.00571. The van der Waals surface area contributed by atoms with Crippen LogP contribution in [0, 0.1) is 5.41 Å².